The van der Waals surface area contributed by atoms with Crippen LogP contribution >= 0.6 is 12.4 Å². The molecule has 28 heavy (non-hydrogen) atoms. The van der Waals surface area contributed by atoms with Crippen LogP contribution in [0.15, 0.2) is 36.4 Å². The molecule has 0 aliphatic heterocycles. The summed E-state index contributed by atoms with van der Waals surface area (Å²) in [5, 5.41) is 8.83. The van der Waals surface area contributed by atoms with Gasteiger partial charge in [0.1, 0.15) is 0 Å². The van der Waals surface area contributed by atoms with E-state index < -0.39 is 0 Å². The van der Waals surface area contributed by atoms with E-state index in [4.69, 9.17) is 9.47 Å². The van der Waals surface area contributed by atoms with Crippen LogP contribution in [-0.2, 0) is 11.3 Å². The van der Waals surface area contributed by atoms with Gasteiger partial charge in [0.05, 0.1) is 19.9 Å². The summed E-state index contributed by atoms with van der Waals surface area (Å²) in [5.74, 6) is 0.127. The normalized spacial score (nSPS) is 9.86. The minimum Gasteiger partial charge on any atom is -0.493 e. The Labute approximate surface area is 171 Å². The Hall–Kier alpha value is -2.77. The number of anilines is 2. The Balaban J connectivity index is 0.00000392. The van der Waals surface area contributed by atoms with Crippen LogP contribution in [0.25, 0.3) is 0 Å². The molecular formula is C20H26ClN3O4. The van der Waals surface area contributed by atoms with E-state index in [1.54, 1.807) is 12.1 Å². The number of nitrogens with one attached hydrogen (secondary N) is 3. The van der Waals surface area contributed by atoms with Crippen LogP contribution in [-0.4, -0.2) is 32.6 Å². The lowest BCUT2D eigenvalue weighted by Gasteiger charge is -2.16. The number of amides is 2. The molecule has 2 amide bonds. The van der Waals surface area contributed by atoms with Gasteiger partial charge in [-0.2, -0.15) is 0 Å². The quantitative estimate of drug-likeness (QED) is 0.623. The van der Waals surface area contributed by atoms with Crippen LogP contribution in [0.3, 0.4) is 0 Å². The van der Waals surface area contributed by atoms with Crippen LogP contribution in [0, 0.1) is 0 Å². The van der Waals surface area contributed by atoms with Crippen molar-refractivity contribution >= 4 is 35.6 Å². The van der Waals surface area contributed by atoms with Crippen LogP contribution in [0.2, 0.25) is 0 Å². The maximum absolute atomic E-state index is 12.8. The summed E-state index contributed by atoms with van der Waals surface area (Å²) >= 11 is 0. The Bertz CT molecular complexity index is 827. The van der Waals surface area contributed by atoms with Crippen LogP contribution in [0.1, 0.15) is 29.8 Å². The Morgan fingerprint density at radius 1 is 1.00 bits per heavy atom. The average molecular weight is 408 g/mol. The molecule has 0 saturated carbocycles. The largest absolute Gasteiger partial charge is 0.493 e. The number of carbonyl (C=O) groups excluding carboxylic acids is 2. The van der Waals surface area contributed by atoms with Crippen molar-refractivity contribution in [3.63, 3.8) is 0 Å². The molecule has 152 valence electrons. The minimum atomic E-state index is -0.313. The maximum atomic E-state index is 12.8. The van der Waals surface area contributed by atoms with E-state index in [2.05, 4.69) is 16.0 Å². The summed E-state index contributed by atoms with van der Waals surface area (Å²) in [6.45, 7) is 4.89. The van der Waals surface area contributed by atoms with Crippen molar-refractivity contribution in [3.8, 4) is 11.5 Å². The first-order valence-electron chi connectivity index (χ1n) is 8.63. The van der Waals surface area contributed by atoms with Crippen LogP contribution in [0.4, 0.5) is 11.4 Å². The molecule has 2 rings (SSSR count). The zero-order valence-corrected chi connectivity index (χ0v) is 17.2. The molecule has 0 spiro atoms. The molecule has 0 aliphatic rings. The lowest BCUT2D eigenvalue weighted by Crippen LogP contribution is -2.17. The smallest absolute Gasteiger partial charge is 0.255 e. The van der Waals surface area contributed by atoms with Gasteiger partial charge >= 0.3 is 0 Å². The van der Waals surface area contributed by atoms with Crippen molar-refractivity contribution in [3.05, 3.63) is 47.5 Å². The van der Waals surface area contributed by atoms with E-state index in [1.807, 2.05) is 31.2 Å². The first-order chi connectivity index (χ1) is 13.0. The summed E-state index contributed by atoms with van der Waals surface area (Å²) in [7, 11) is 2.95. The number of benzene rings is 2. The van der Waals surface area contributed by atoms with E-state index in [1.165, 1.54) is 21.1 Å². The van der Waals surface area contributed by atoms with Gasteiger partial charge in [0.2, 0.25) is 5.91 Å². The molecule has 0 unspecified atom stereocenters. The number of rotatable bonds is 8. The standard InChI is InChI=1S/C20H25N3O4.ClH/c1-5-21-12-14-8-6-7-9-16(14)23-20(25)15-10-17(22-13(2)24)19(27-4)18(11-15)26-3;/h6-11,21H,5,12H2,1-4H3,(H,22,24)(H,23,25);1H. The Morgan fingerprint density at radius 2 is 1.71 bits per heavy atom. The molecule has 2 aromatic carbocycles. The van der Waals surface area contributed by atoms with E-state index in [0.29, 0.717) is 29.3 Å². The van der Waals surface area contributed by atoms with Crippen molar-refractivity contribution in [1.29, 1.82) is 0 Å². The lowest BCUT2D eigenvalue weighted by molar-refractivity contribution is -0.114. The molecule has 0 saturated heterocycles. The number of methoxy groups -OCH3 is 2. The lowest BCUT2D eigenvalue weighted by atomic mass is 10.1. The highest BCUT2D eigenvalue weighted by molar-refractivity contribution is 6.06. The van der Waals surface area contributed by atoms with E-state index >= 15 is 0 Å². The predicted molar refractivity (Wildman–Crippen MR) is 113 cm³/mol. The van der Waals surface area contributed by atoms with Gasteiger partial charge in [-0.15, -0.1) is 12.4 Å². The number of ether oxygens (including phenoxy) is 2. The van der Waals surface area contributed by atoms with Gasteiger partial charge < -0.3 is 25.4 Å². The summed E-state index contributed by atoms with van der Waals surface area (Å²) in [5.41, 5.74) is 2.42. The van der Waals surface area contributed by atoms with Crippen LogP contribution in [0.5, 0.6) is 11.5 Å². The van der Waals surface area contributed by atoms with E-state index in [9.17, 15) is 9.59 Å². The van der Waals surface area contributed by atoms with E-state index in [0.717, 1.165) is 17.8 Å². The van der Waals surface area contributed by atoms with Crippen molar-refractivity contribution in [2.45, 2.75) is 20.4 Å². The Kier molecular flexibility index (Phi) is 9.27. The highest BCUT2D eigenvalue weighted by Crippen LogP contribution is 2.37. The third-order valence-electron chi connectivity index (χ3n) is 3.88. The Morgan fingerprint density at radius 3 is 2.32 bits per heavy atom. The highest BCUT2D eigenvalue weighted by atomic mass is 35.5. The zero-order chi connectivity index (χ0) is 19.8. The van der Waals surface area contributed by atoms with Crippen LogP contribution < -0.4 is 25.4 Å². The number of hydrogen-bond acceptors (Lipinski definition) is 5. The van der Waals surface area contributed by atoms with Gasteiger partial charge in [0, 0.05) is 24.7 Å². The summed E-state index contributed by atoms with van der Waals surface area (Å²) in [6, 6.07) is 10.7. The SMILES string of the molecule is CCNCc1ccccc1NC(=O)c1cc(NC(C)=O)c(OC)c(OC)c1.Cl. The zero-order valence-electron chi connectivity index (χ0n) is 16.4. The monoisotopic (exact) mass is 407 g/mol. The number of hydrogen-bond donors (Lipinski definition) is 3. The first-order valence-corrected chi connectivity index (χ1v) is 8.63. The molecule has 2 aromatic rings. The predicted octanol–water partition coefficient (Wildman–Crippen LogP) is 3.45. The molecule has 0 heterocycles. The van der Waals surface area contributed by atoms with Crippen molar-refractivity contribution in [2.75, 3.05) is 31.4 Å². The molecule has 3 N–H and O–H groups in total. The number of halogens is 1. The third kappa shape index (κ3) is 5.87. The fourth-order valence-electron chi connectivity index (χ4n) is 2.63. The first kappa shape index (κ1) is 23.3. The molecule has 8 heteroatoms. The molecule has 0 atom stereocenters. The van der Waals surface area contributed by atoms with Gasteiger partial charge in [-0.25, -0.2) is 0 Å². The molecule has 0 bridgehead atoms. The van der Waals surface area contributed by atoms with Crippen molar-refractivity contribution < 1.29 is 19.1 Å². The van der Waals surface area contributed by atoms with E-state index in [-0.39, 0.29) is 24.2 Å². The molecular weight excluding hydrogens is 382 g/mol. The van der Waals surface area contributed by atoms with Gasteiger partial charge in [-0.3, -0.25) is 9.59 Å². The van der Waals surface area contributed by atoms with Gasteiger partial charge in [0.15, 0.2) is 11.5 Å². The average Bonchev–Trinajstić information content (AvgIpc) is 2.66. The van der Waals surface area contributed by atoms with Gasteiger partial charge in [0.25, 0.3) is 5.91 Å². The summed E-state index contributed by atoms with van der Waals surface area (Å²) < 4.78 is 10.6. The summed E-state index contributed by atoms with van der Waals surface area (Å²) in [4.78, 5) is 24.3. The topological polar surface area (TPSA) is 88.7 Å². The fourth-order valence-corrected chi connectivity index (χ4v) is 2.63. The number of para-hydroxylation sites is 1. The second-order valence-electron chi connectivity index (χ2n) is 5.83. The molecule has 0 aromatic heterocycles. The second kappa shape index (κ2) is 11.2. The van der Waals surface area contributed by atoms with Gasteiger partial charge in [-0.1, -0.05) is 25.1 Å². The minimum absolute atomic E-state index is 0. The maximum Gasteiger partial charge on any atom is 0.255 e. The fraction of sp³-hybridized carbons (Fsp3) is 0.300. The number of carbonyl (C=O) groups is 2. The third-order valence-corrected chi connectivity index (χ3v) is 3.88. The van der Waals surface area contributed by atoms with Crippen molar-refractivity contribution in [2.24, 2.45) is 0 Å². The molecule has 0 fully saturated rings. The molecule has 0 radical (unpaired) electrons. The second-order valence-corrected chi connectivity index (χ2v) is 5.83. The molecule has 0 aliphatic carbocycles. The molecule has 7 nitrogen and oxygen atoms in total. The highest BCUT2D eigenvalue weighted by Gasteiger charge is 2.18. The summed E-state index contributed by atoms with van der Waals surface area (Å²) in [6.07, 6.45) is 0. The van der Waals surface area contributed by atoms with Gasteiger partial charge in [-0.05, 0) is 30.3 Å². The van der Waals surface area contributed by atoms with Crippen molar-refractivity contribution in [1.82, 2.24) is 5.32 Å².